The van der Waals surface area contributed by atoms with Gasteiger partial charge in [0.05, 0.1) is 0 Å². The fourth-order valence-electron chi connectivity index (χ4n) is 2.65. The minimum atomic E-state index is 0.564. The lowest BCUT2D eigenvalue weighted by atomic mass is 9.85. The van der Waals surface area contributed by atoms with E-state index in [4.69, 9.17) is 0 Å². The molecule has 0 aliphatic carbocycles. The van der Waals surface area contributed by atoms with Crippen LogP contribution in [0.2, 0.25) is 0 Å². The molecule has 1 rings (SSSR count). The molecular weight excluding hydrogens is 196 g/mol. The van der Waals surface area contributed by atoms with Gasteiger partial charge in [-0.3, -0.25) is 0 Å². The van der Waals surface area contributed by atoms with Gasteiger partial charge in [0.15, 0.2) is 0 Å². The van der Waals surface area contributed by atoms with Crippen LogP contribution in [-0.2, 0) is 0 Å². The van der Waals surface area contributed by atoms with Gasteiger partial charge in [-0.1, -0.05) is 27.2 Å². The van der Waals surface area contributed by atoms with Crippen LogP contribution in [0.5, 0.6) is 0 Å². The van der Waals surface area contributed by atoms with E-state index in [1.54, 1.807) is 0 Å². The Balaban J connectivity index is 2.36. The Kier molecular flexibility index (Phi) is 5.77. The maximum Gasteiger partial charge on any atom is 0.0191 e. The molecular formula is C14H30N2. The van der Waals surface area contributed by atoms with Gasteiger partial charge >= 0.3 is 0 Å². The third-order valence-electron chi connectivity index (χ3n) is 3.96. The Labute approximate surface area is 102 Å². The highest BCUT2D eigenvalue weighted by Gasteiger charge is 2.23. The van der Waals surface area contributed by atoms with Crippen LogP contribution in [0.15, 0.2) is 0 Å². The standard InChI is InChI=1S/C14H30N2/c1-5-7-13(15-4)12-16-10-6-8-14(2,3)9-11-16/h13,15H,5-12H2,1-4H3. The molecule has 16 heavy (non-hydrogen) atoms. The third kappa shape index (κ3) is 4.84. The van der Waals surface area contributed by atoms with Gasteiger partial charge in [-0.05, 0) is 51.2 Å². The Bertz CT molecular complexity index is 189. The zero-order valence-corrected chi connectivity index (χ0v) is 11.7. The van der Waals surface area contributed by atoms with Gasteiger partial charge in [0.25, 0.3) is 0 Å². The SMILES string of the molecule is CCCC(CN1CCCC(C)(C)CC1)NC. The van der Waals surface area contributed by atoms with Crippen LogP contribution in [0.3, 0.4) is 0 Å². The lowest BCUT2D eigenvalue weighted by Gasteiger charge is -2.27. The Morgan fingerprint density at radius 2 is 2.00 bits per heavy atom. The van der Waals surface area contributed by atoms with E-state index in [9.17, 15) is 0 Å². The molecule has 1 aliphatic rings. The molecule has 1 saturated heterocycles. The van der Waals surface area contributed by atoms with Crippen molar-refractivity contribution in [3.05, 3.63) is 0 Å². The fraction of sp³-hybridized carbons (Fsp3) is 1.00. The second kappa shape index (κ2) is 6.61. The Hall–Kier alpha value is -0.0800. The predicted octanol–water partition coefficient (Wildman–Crippen LogP) is 2.89. The van der Waals surface area contributed by atoms with E-state index in [0.717, 1.165) is 0 Å². The van der Waals surface area contributed by atoms with Crippen LogP contribution < -0.4 is 5.32 Å². The first-order valence-corrected chi connectivity index (χ1v) is 6.97. The first-order chi connectivity index (χ1) is 7.57. The van der Waals surface area contributed by atoms with Crippen molar-refractivity contribution in [1.29, 1.82) is 0 Å². The molecule has 1 N–H and O–H groups in total. The van der Waals surface area contributed by atoms with Crippen LogP contribution in [0.1, 0.15) is 52.9 Å². The maximum absolute atomic E-state index is 3.45. The molecule has 1 aliphatic heterocycles. The van der Waals surface area contributed by atoms with Crippen molar-refractivity contribution in [2.45, 2.75) is 58.9 Å². The summed E-state index contributed by atoms with van der Waals surface area (Å²) >= 11 is 0. The van der Waals surface area contributed by atoms with Gasteiger partial charge < -0.3 is 10.2 Å². The smallest absolute Gasteiger partial charge is 0.0191 e. The first kappa shape index (κ1) is 14.0. The number of nitrogens with one attached hydrogen (secondary N) is 1. The monoisotopic (exact) mass is 226 g/mol. The maximum atomic E-state index is 3.45. The Morgan fingerprint density at radius 1 is 1.25 bits per heavy atom. The fourth-order valence-corrected chi connectivity index (χ4v) is 2.65. The van der Waals surface area contributed by atoms with E-state index in [1.165, 1.54) is 51.7 Å². The number of likely N-dealkylation sites (tertiary alicyclic amines) is 1. The Morgan fingerprint density at radius 3 is 2.62 bits per heavy atom. The molecule has 0 amide bonds. The summed E-state index contributed by atoms with van der Waals surface area (Å²) < 4.78 is 0. The quantitative estimate of drug-likeness (QED) is 0.775. The van der Waals surface area contributed by atoms with Crippen molar-refractivity contribution in [3.63, 3.8) is 0 Å². The minimum Gasteiger partial charge on any atom is -0.316 e. The summed E-state index contributed by atoms with van der Waals surface area (Å²) in [5, 5.41) is 3.45. The summed E-state index contributed by atoms with van der Waals surface area (Å²) in [5.74, 6) is 0. The molecule has 2 heteroatoms. The van der Waals surface area contributed by atoms with E-state index in [1.807, 2.05) is 0 Å². The molecule has 96 valence electrons. The summed E-state index contributed by atoms with van der Waals surface area (Å²) in [7, 11) is 2.10. The predicted molar refractivity (Wildman–Crippen MR) is 71.8 cm³/mol. The van der Waals surface area contributed by atoms with E-state index in [-0.39, 0.29) is 0 Å². The number of hydrogen-bond donors (Lipinski definition) is 1. The molecule has 0 aromatic carbocycles. The van der Waals surface area contributed by atoms with Crippen LogP contribution >= 0.6 is 0 Å². The molecule has 0 bridgehead atoms. The largest absolute Gasteiger partial charge is 0.316 e. The van der Waals surface area contributed by atoms with Crippen LogP contribution in [0.25, 0.3) is 0 Å². The van der Waals surface area contributed by atoms with E-state index in [0.29, 0.717) is 11.5 Å². The molecule has 0 aromatic rings. The highest BCUT2D eigenvalue weighted by molar-refractivity contribution is 4.78. The van der Waals surface area contributed by atoms with Crippen molar-refractivity contribution < 1.29 is 0 Å². The number of hydrogen-bond acceptors (Lipinski definition) is 2. The van der Waals surface area contributed by atoms with Crippen molar-refractivity contribution in [2.24, 2.45) is 5.41 Å². The van der Waals surface area contributed by atoms with Crippen LogP contribution in [0.4, 0.5) is 0 Å². The summed E-state index contributed by atoms with van der Waals surface area (Å²) in [4.78, 5) is 2.66. The van der Waals surface area contributed by atoms with Gasteiger partial charge in [-0.25, -0.2) is 0 Å². The van der Waals surface area contributed by atoms with Crippen LogP contribution in [-0.4, -0.2) is 37.6 Å². The van der Waals surface area contributed by atoms with Crippen molar-refractivity contribution in [3.8, 4) is 0 Å². The summed E-state index contributed by atoms with van der Waals surface area (Å²) in [6, 6.07) is 0.686. The van der Waals surface area contributed by atoms with Crippen molar-refractivity contribution >= 4 is 0 Å². The van der Waals surface area contributed by atoms with Gasteiger partial charge in [-0.2, -0.15) is 0 Å². The average Bonchev–Trinajstić information content (AvgIpc) is 2.40. The van der Waals surface area contributed by atoms with Crippen molar-refractivity contribution in [2.75, 3.05) is 26.7 Å². The molecule has 1 unspecified atom stereocenters. The lowest BCUT2D eigenvalue weighted by Crippen LogP contribution is -2.40. The molecule has 0 radical (unpaired) electrons. The topological polar surface area (TPSA) is 15.3 Å². The lowest BCUT2D eigenvalue weighted by molar-refractivity contribution is 0.235. The zero-order valence-electron chi connectivity index (χ0n) is 11.7. The minimum absolute atomic E-state index is 0.564. The number of likely N-dealkylation sites (N-methyl/N-ethyl adjacent to an activating group) is 1. The number of nitrogens with zero attached hydrogens (tertiary/aromatic N) is 1. The van der Waals surface area contributed by atoms with Gasteiger partial charge in [-0.15, -0.1) is 0 Å². The van der Waals surface area contributed by atoms with Gasteiger partial charge in [0.1, 0.15) is 0 Å². The van der Waals surface area contributed by atoms with E-state index in [2.05, 4.69) is 38.0 Å². The molecule has 1 atom stereocenters. The van der Waals surface area contributed by atoms with Crippen molar-refractivity contribution in [1.82, 2.24) is 10.2 Å². The second-order valence-electron chi connectivity index (χ2n) is 6.09. The normalized spacial score (nSPS) is 24.0. The van der Waals surface area contributed by atoms with E-state index < -0.39 is 0 Å². The number of rotatable bonds is 5. The molecule has 1 fully saturated rings. The highest BCUT2D eigenvalue weighted by atomic mass is 15.1. The molecule has 0 saturated carbocycles. The zero-order chi connectivity index (χ0) is 12.0. The molecule has 0 spiro atoms. The van der Waals surface area contributed by atoms with Gasteiger partial charge in [0.2, 0.25) is 0 Å². The average molecular weight is 226 g/mol. The first-order valence-electron chi connectivity index (χ1n) is 6.97. The summed E-state index contributed by atoms with van der Waals surface area (Å²) in [5.41, 5.74) is 0.564. The molecule has 0 aromatic heterocycles. The van der Waals surface area contributed by atoms with E-state index >= 15 is 0 Å². The highest BCUT2D eigenvalue weighted by Crippen LogP contribution is 2.29. The summed E-state index contributed by atoms with van der Waals surface area (Å²) in [6.45, 7) is 10.9. The third-order valence-corrected chi connectivity index (χ3v) is 3.96. The summed E-state index contributed by atoms with van der Waals surface area (Å²) in [6.07, 6.45) is 6.70. The molecule has 2 nitrogen and oxygen atoms in total. The second-order valence-corrected chi connectivity index (χ2v) is 6.09. The van der Waals surface area contributed by atoms with Gasteiger partial charge in [0, 0.05) is 12.6 Å². The molecule has 1 heterocycles. The van der Waals surface area contributed by atoms with Crippen LogP contribution in [0, 0.1) is 5.41 Å².